The zero-order valence-electron chi connectivity index (χ0n) is 16.3. The number of nitrogens with zero attached hydrogens (tertiary/aromatic N) is 3. The Labute approximate surface area is 166 Å². The molecule has 1 aromatic heterocycles. The van der Waals surface area contributed by atoms with Crippen LogP contribution in [0.5, 0.6) is 0 Å². The van der Waals surface area contributed by atoms with E-state index < -0.39 is 0 Å². The molecule has 0 radical (unpaired) electrons. The first kappa shape index (κ1) is 21.5. The van der Waals surface area contributed by atoms with Crippen molar-refractivity contribution in [2.75, 3.05) is 32.8 Å². The summed E-state index contributed by atoms with van der Waals surface area (Å²) in [6, 6.07) is 10.00. The lowest BCUT2D eigenvalue weighted by atomic mass is 10.1. The molecule has 28 heavy (non-hydrogen) atoms. The Balaban J connectivity index is 1.81. The molecule has 0 saturated heterocycles. The molecule has 2 rings (SSSR count). The van der Waals surface area contributed by atoms with Crippen LogP contribution in [-0.4, -0.2) is 59.5 Å². The Kier molecular flexibility index (Phi) is 9.65. The van der Waals surface area contributed by atoms with Crippen molar-refractivity contribution in [1.29, 1.82) is 0 Å². The topological polar surface area (TPSA) is 84.4 Å². The van der Waals surface area contributed by atoms with E-state index in [-0.39, 0.29) is 23.9 Å². The number of aromatic nitrogens is 2. The van der Waals surface area contributed by atoms with Crippen LogP contribution in [0.25, 0.3) is 0 Å². The summed E-state index contributed by atoms with van der Waals surface area (Å²) in [6.07, 6.45) is 6.18. The predicted molar refractivity (Wildman–Crippen MR) is 107 cm³/mol. The summed E-state index contributed by atoms with van der Waals surface area (Å²) < 4.78 is 5.34. The first-order valence-corrected chi connectivity index (χ1v) is 9.64. The van der Waals surface area contributed by atoms with Crippen molar-refractivity contribution in [2.24, 2.45) is 0 Å². The minimum absolute atomic E-state index is 0.0716. The number of carbonyl (C=O) groups excluding carboxylic acids is 2. The third-order valence-electron chi connectivity index (χ3n) is 4.18. The highest BCUT2D eigenvalue weighted by Crippen LogP contribution is 2.04. The van der Waals surface area contributed by atoms with Crippen molar-refractivity contribution < 1.29 is 14.3 Å². The van der Waals surface area contributed by atoms with Gasteiger partial charge in [-0.3, -0.25) is 14.6 Å². The number of hydrogen-bond acceptors (Lipinski definition) is 5. The van der Waals surface area contributed by atoms with E-state index in [4.69, 9.17) is 4.74 Å². The van der Waals surface area contributed by atoms with Crippen LogP contribution < -0.4 is 5.32 Å². The molecule has 1 aromatic carbocycles. The van der Waals surface area contributed by atoms with Crippen molar-refractivity contribution in [3.8, 4) is 0 Å². The van der Waals surface area contributed by atoms with E-state index in [0.717, 1.165) is 6.42 Å². The van der Waals surface area contributed by atoms with E-state index in [1.807, 2.05) is 37.3 Å². The smallest absolute Gasteiger partial charge is 0.274 e. The van der Waals surface area contributed by atoms with Gasteiger partial charge >= 0.3 is 0 Å². The molecule has 0 fully saturated rings. The van der Waals surface area contributed by atoms with Gasteiger partial charge in [0, 0.05) is 51.7 Å². The van der Waals surface area contributed by atoms with Crippen LogP contribution in [0.1, 0.15) is 35.8 Å². The van der Waals surface area contributed by atoms with E-state index in [1.54, 1.807) is 4.90 Å². The molecule has 0 spiro atoms. The molecule has 150 valence electrons. The van der Waals surface area contributed by atoms with Gasteiger partial charge in [-0.05, 0) is 25.3 Å². The predicted octanol–water partition coefficient (Wildman–Crippen LogP) is 2.09. The molecule has 0 aliphatic carbocycles. The van der Waals surface area contributed by atoms with E-state index in [9.17, 15) is 9.59 Å². The van der Waals surface area contributed by atoms with Crippen LogP contribution >= 0.6 is 0 Å². The molecule has 1 heterocycles. The van der Waals surface area contributed by atoms with E-state index in [1.165, 1.54) is 24.2 Å². The highest BCUT2D eigenvalue weighted by Gasteiger charge is 2.18. The summed E-state index contributed by atoms with van der Waals surface area (Å²) in [7, 11) is 0. The summed E-state index contributed by atoms with van der Waals surface area (Å²) in [5, 5.41) is 2.91. The Morgan fingerprint density at radius 2 is 1.96 bits per heavy atom. The molecule has 0 aliphatic heterocycles. The van der Waals surface area contributed by atoms with Crippen LogP contribution in [0.3, 0.4) is 0 Å². The molecule has 7 heteroatoms. The quantitative estimate of drug-likeness (QED) is 0.567. The van der Waals surface area contributed by atoms with Crippen molar-refractivity contribution in [1.82, 2.24) is 20.2 Å². The number of ether oxygens (including phenoxy) is 1. The van der Waals surface area contributed by atoms with Gasteiger partial charge in [-0.25, -0.2) is 4.98 Å². The standard InChI is InChI=1S/C21H28N4O3/c1-2-28-16-6-14-25(21(27)19-17-22-12-13-23-19)15-10-20(26)24-11-9-18-7-4-3-5-8-18/h3-5,7-8,12-13,17H,2,6,9-11,14-16H2,1H3,(H,24,26). The fourth-order valence-electron chi connectivity index (χ4n) is 2.70. The highest BCUT2D eigenvalue weighted by molar-refractivity contribution is 5.92. The molecule has 0 bridgehead atoms. The maximum absolute atomic E-state index is 12.7. The molecular weight excluding hydrogens is 356 g/mol. The summed E-state index contributed by atoms with van der Waals surface area (Å²) in [4.78, 5) is 34.5. The third kappa shape index (κ3) is 7.84. The molecule has 1 N–H and O–H groups in total. The SMILES string of the molecule is CCOCCCN(CCC(=O)NCCc1ccccc1)C(=O)c1cnccn1. The van der Waals surface area contributed by atoms with Crippen molar-refractivity contribution >= 4 is 11.8 Å². The van der Waals surface area contributed by atoms with Gasteiger partial charge in [-0.1, -0.05) is 30.3 Å². The lowest BCUT2D eigenvalue weighted by Gasteiger charge is -2.22. The lowest BCUT2D eigenvalue weighted by Crippen LogP contribution is -2.37. The average molecular weight is 384 g/mol. The highest BCUT2D eigenvalue weighted by atomic mass is 16.5. The summed E-state index contributed by atoms with van der Waals surface area (Å²) in [5.41, 5.74) is 1.46. The number of amides is 2. The molecule has 0 unspecified atom stereocenters. The third-order valence-corrected chi connectivity index (χ3v) is 4.18. The van der Waals surface area contributed by atoms with Crippen molar-refractivity contribution in [3.63, 3.8) is 0 Å². The van der Waals surface area contributed by atoms with Gasteiger partial charge in [-0.15, -0.1) is 0 Å². The first-order valence-electron chi connectivity index (χ1n) is 9.64. The summed E-state index contributed by atoms with van der Waals surface area (Å²) >= 11 is 0. The van der Waals surface area contributed by atoms with E-state index >= 15 is 0 Å². The zero-order chi connectivity index (χ0) is 20.0. The summed E-state index contributed by atoms with van der Waals surface area (Å²) in [5.74, 6) is -0.292. The minimum Gasteiger partial charge on any atom is -0.382 e. The number of rotatable bonds is 12. The van der Waals surface area contributed by atoms with Gasteiger partial charge in [0.15, 0.2) is 0 Å². The maximum atomic E-state index is 12.7. The average Bonchev–Trinajstić information content (AvgIpc) is 2.74. The molecule has 0 saturated carbocycles. The van der Waals surface area contributed by atoms with Crippen LogP contribution in [0.15, 0.2) is 48.9 Å². The minimum atomic E-state index is -0.221. The monoisotopic (exact) mass is 384 g/mol. The fourth-order valence-corrected chi connectivity index (χ4v) is 2.70. The molecule has 0 aliphatic rings. The molecular formula is C21H28N4O3. The number of benzene rings is 1. The second-order valence-corrected chi connectivity index (χ2v) is 6.27. The maximum Gasteiger partial charge on any atom is 0.274 e. The van der Waals surface area contributed by atoms with E-state index in [2.05, 4.69) is 15.3 Å². The van der Waals surface area contributed by atoms with Crippen LogP contribution in [0.4, 0.5) is 0 Å². The summed E-state index contributed by atoms with van der Waals surface area (Å²) in [6.45, 7) is 4.56. The second-order valence-electron chi connectivity index (χ2n) is 6.27. The Morgan fingerprint density at radius 3 is 2.68 bits per heavy atom. The van der Waals surface area contributed by atoms with Crippen LogP contribution in [0, 0.1) is 0 Å². The van der Waals surface area contributed by atoms with Crippen molar-refractivity contribution in [2.45, 2.75) is 26.2 Å². The number of carbonyl (C=O) groups is 2. The van der Waals surface area contributed by atoms with Gasteiger partial charge in [0.1, 0.15) is 5.69 Å². The molecule has 2 amide bonds. The fraction of sp³-hybridized carbons (Fsp3) is 0.429. The van der Waals surface area contributed by atoms with Gasteiger partial charge in [0.25, 0.3) is 5.91 Å². The van der Waals surface area contributed by atoms with Gasteiger partial charge in [0.2, 0.25) is 5.91 Å². The molecule has 0 atom stereocenters. The Morgan fingerprint density at radius 1 is 1.14 bits per heavy atom. The first-order chi connectivity index (χ1) is 13.7. The van der Waals surface area contributed by atoms with E-state index in [0.29, 0.717) is 39.3 Å². The number of hydrogen-bond donors (Lipinski definition) is 1. The van der Waals surface area contributed by atoms with Crippen molar-refractivity contribution in [3.05, 3.63) is 60.2 Å². The number of nitrogens with one attached hydrogen (secondary N) is 1. The Hall–Kier alpha value is -2.80. The van der Waals surface area contributed by atoms with Gasteiger partial charge < -0.3 is 15.0 Å². The Bertz CT molecular complexity index is 710. The van der Waals surface area contributed by atoms with Gasteiger partial charge in [-0.2, -0.15) is 0 Å². The normalized spacial score (nSPS) is 10.5. The largest absolute Gasteiger partial charge is 0.382 e. The van der Waals surface area contributed by atoms with Crippen LogP contribution in [0.2, 0.25) is 0 Å². The van der Waals surface area contributed by atoms with Crippen LogP contribution in [-0.2, 0) is 16.0 Å². The van der Waals surface area contributed by atoms with Gasteiger partial charge in [0.05, 0.1) is 6.20 Å². The zero-order valence-corrected chi connectivity index (χ0v) is 16.3. The second kappa shape index (κ2) is 12.6. The lowest BCUT2D eigenvalue weighted by molar-refractivity contribution is -0.121. The molecule has 2 aromatic rings. The molecule has 7 nitrogen and oxygen atoms in total.